The first-order chi connectivity index (χ1) is 15.6. The van der Waals surface area contributed by atoms with Gasteiger partial charge in [-0.2, -0.15) is 0 Å². The number of benzene rings is 2. The van der Waals surface area contributed by atoms with Crippen LogP contribution in [0.2, 0.25) is 0 Å². The summed E-state index contributed by atoms with van der Waals surface area (Å²) in [5.74, 6) is 0.958. The molecule has 1 amide bonds. The van der Waals surface area contributed by atoms with Crippen molar-refractivity contribution in [3.63, 3.8) is 0 Å². The predicted molar refractivity (Wildman–Crippen MR) is 133 cm³/mol. The van der Waals surface area contributed by atoms with E-state index in [0.717, 1.165) is 54.8 Å². The lowest BCUT2D eigenvalue weighted by Gasteiger charge is -2.14. The van der Waals surface area contributed by atoms with E-state index in [9.17, 15) is 9.90 Å². The largest absolute Gasteiger partial charge is 0.508 e. The number of phenolic OH excluding ortho intramolecular Hbond substituents is 1. The Morgan fingerprint density at radius 2 is 1.72 bits per heavy atom. The fraction of sp³-hybridized carbons (Fsp3) is 0.444. The van der Waals surface area contributed by atoms with Gasteiger partial charge in [-0.3, -0.25) is 4.79 Å². The Balaban J connectivity index is 1.90. The van der Waals surface area contributed by atoms with Crippen LogP contribution in [-0.4, -0.2) is 30.7 Å². The van der Waals surface area contributed by atoms with Gasteiger partial charge in [0.05, 0.1) is 12.3 Å². The number of rotatable bonds is 15. The van der Waals surface area contributed by atoms with Crippen LogP contribution in [0.4, 0.5) is 5.69 Å². The number of ether oxygens (including phenoxy) is 1. The zero-order valence-electron chi connectivity index (χ0n) is 19.5. The van der Waals surface area contributed by atoms with Gasteiger partial charge in [0, 0.05) is 19.2 Å². The highest BCUT2D eigenvalue weighted by atomic mass is 16.5. The molecule has 0 radical (unpaired) electrons. The fourth-order valence-electron chi connectivity index (χ4n) is 3.26. The predicted octanol–water partition coefficient (Wildman–Crippen LogP) is 5.94. The summed E-state index contributed by atoms with van der Waals surface area (Å²) in [6, 6.07) is 13.1. The van der Waals surface area contributed by atoms with Crippen molar-refractivity contribution < 1.29 is 14.6 Å². The van der Waals surface area contributed by atoms with Crippen molar-refractivity contribution in [1.29, 1.82) is 0 Å². The highest BCUT2D eigenvalue weighted by Crippen LogP contribution is 2.27. The molecule has 0 bridgehead atoms. The van der Waals surface area contributed by atoms with Crippen molar-refractivity contribution in [2.24, 2.45) is 0 Å². The number of nitrogens with one attached hydrogen (secondary N) is 2. The Morgan fingerprint density at radius 1 is 0.969 bits per heavy atom. The molecule has 2 aromatic carbocycles. The Labute approximate surface area is 192 Å². The average molecular weight is 439 g/mol. The maximum Gasteiger partial charge on any atom is 0.244 e. The van der Waals surface area contributed by atoms with E-state index in [1.54, 1.807) is 18.2 Å². The summed E-state index contributed by atoms with van der Waals surface area (Å²) in [7, 11) is 0. The molecule has 2 aromatic rings. The number of anilines is 1. The normalized spacial score (nSPS) is 10.9. The van der Waals surface area contributed by atoms with Crippen molar-refractivity contribution in [1.82, 2.24) is 5.32 Å². The maximum atomic E-state index is 12.2. The first kappa shape index (κ1) is 25.3. The summed E-state index contributed by atoms with van der Waals surface area (Å²) in [5, 5.41) is 15.7. The van der Waals surface area contributed by atoms with Gasteiger partial charge in [-0.15, -0.1) is 0 Å². The first-order valence-corrected chi connectivity index (χ1v) is 11.9. The highest BCUT2D eigenvalue weighted by molar-refractivity contribution is 5.91. The molecule has 0 fully saturated rings. The summed E-state index contributed by atoms with van der Waals surface area (Å²) in [6.45, 7) is 6.55. The Morgan fingerprint density at radius 3 is 2.47 bits per heavy atom. The van der Waals surface area contributed by atoms with E-state index in [1.807, 2.05) is 36.4 Å². The zero-order valence-corrected chi connectivity index (χ0v) is 19.5. The molecule has 32 heavy (non-hydrogen) atoms. The van der Waals surface area contributed by atoms with Gasteiger partial charge < -0.3 is 20.5 Å². The second-order valence-corrected chi connectivity index (χ2v) is 7.99. The van der Waals surface area contributed by atoms with Gasteiger partial charge in [-0.05, 0) is 60.7 Å². The molecule has 5 heteroatoms. The lowest BCUT2D eigenvalue weighted by Crippen LogP contribution is -2.23. The summed E-state index contributed by atoms with van der Waals surface area (Å²) >= 11 is 0. The quantitative estimate of drug-likeness (QED) is 0.238. The zero-order chi connectivity index (χ0) is 23.0. The van der Waals surface area contributed by atoms with Crippen molar-refractivity contribution in [2.45, 2.75) is 58.8 Å². The average Bonchev–Trinajstić information content (AvgIpc) is 2.80. The molecule has 0 aliphatic rings. The van der Waals surface area contributed by atoms with Gasteiger partial charge >= 0.3 is 0 Å². The number of carbonyl (C=O) groups excluding carboxylic acids is 1. The van der Waals surface area contributed by atoms with E-state index in [1.165, 1.54) is 12.8 Å². The van der Waals surface area contributed by atoms with Crippen LogP contribution >= 0.6 is 0 Å². The fourth-order valence-corrected chi connectivity index (χ4v) is 3.26. The summed E-state index contributed by atoms with van der Waals surface area (Å²) < 4.78 is 6.05. The molecule has 174 valence electrons. The topological polar surface area (TPSA) is 70.6 Å². The molecule has 0 saturated heterocycles. The number of hydrogen-bond donors (Lipinski definition) is 3. The van der Waals surface area contributed by atoms with E-state index in [4.69, 9.17) is 4.74 Å². The van der Waals surface area contributed by atoms with E-state index in [0.29, 0.717) is 19.6 Å². The van der Waals surface area contributed by atoms with Crippen LogP contribution in [0.3, 0.4) is 0 Å². The minimum Gasteiger partial charge on any atom is -0.508 e. The monoisotopic (exact) mass is 438 g/mol. The van der Waals surface area contributed by atoms with Crippen LogP contribution in [0.1, 0.15) is 63.5 Å². The van der Waals surface area contributed by atoms with Gasteiger partial charge in [0.25, 0.3) is 0 Å². The third kappa shape index (κ3) is 9.90. The standard InChI is InChI=1S/C27H38N2O3/c1-3-5-7-18-28-25-15-11-23(21-26(25)32-20-8-6-4-2)12-16-27(31)29-19-17-22-9-13-24(30)14-10-22/h9-16,21,28,30H,3-8,17-20H2,1-2H3,(H,29,31)/b16-12+. The second-order valence-electron chi connectivity index (χ2n) is 7.99. The molecule has 0 atom stereocenters. The molecule has 0 aliphatic heterocycles. The second kappa shape index (κ2) is 15.0. The Hall–Kier alpha value is -2.95. The third-order valence-corrected chi connectivity index (χ3v) is 5.18. The molecule has 0 saturated carbocycles. The highest BCUT2D eigenvalue weighted by Gasteiger charge is 2.05. The molecule has 3 N–H and O–H groups in total. The van der Waals surface area contributed by atoms with Crippen LogP contribution in [0.25, 0.3) is 6.08 Å². The Bertz CT molecular complexity index is 831. The van der Waals surface area contributed by atoms with E-state index < -0.39 is 0 Å². The summed E-state index contributed by atoms with van der Waals surface area (Å²) in [6.07, 6.45) is 11.0. The van der Waals surface area contributed by atoms with E-state index >= 15 is 0 Å². The molecule has 5 nitrogen and oxygen atoms in total. The van der Waals surface area contributed by atoms with E-state index in [2.05, 4.69) is 24.5 Å². The van der Waals surface area contributed by atoms with Gasteiger partial charge in [-0.1, -0.05) is 57.7 Å². The molecule has 0 aromatic heterocycles. The number of aromatic hydroxyl groups is 1. The van der Waals surface area contributed by atoms with Gasteiger partial charge in [0.2, 0.25) is 5.91 Å². The minimum atomic E-state index is -0.129. The van der Waals surface area contributed by atoms with Crippen molar-refractivity contribution in [2.75, 3.05) is 25.0 Å². The summed E-state index contributed by atoms with van der Waals surface area (Å²) in [5.41, 5.74) is 3.01. The van der Waals surface area contributed by atoms with Crippen molar-refractivity contribution in [3.8, 4) is 11.5 Å². The maximum absolute atomic E-state index is 12.2. The number of amides is 1. The molecular weight excluding hydrogens is 400 g/mol. The minimum absolute atomic E-state index is 0.129. The lowest BCUT2D eigenvalue weighted by molar-refractivity contribution is -0.116. The Kier molecular flexibility index (Phi) is 11.8. The number of carbonyl (C=O) groups is 1. The van der Waals surface area contributed by atoms with Crippen LogP contribution < -0.4 is 15.4 Å². The number of unbranched alkanes of at least 4 members (excludes halogenated alkanes) is 4. The van der Waals surface area contributed by atoms with Crippen LogP contribution in [0.15, 0.2) is 48.5 Å². The molecule has 0 heterocycles. The molecule has 0 aliphatic carbocycles. The first-order valence-electron chi connectivity index (χ1n) is 11.9. The molecule has 0 unspecified atom stereocenters. The third-order valence-electron chi connectivity index (χ3n) is 5.18. The molecule has 0 spiro atoms. The van der Waals surface area contributed by atoms with Gasteiger partial charge in [0.1, 0.15) is 11.5 Å². The van der Waals surface area contributed by atoms with Crippen molar-refractivity contribution in [3.05, 3.63) is 59.7 Å². The molecule has 2 rings (SSSR count). The van der Waals surface area contributed by atoms with Crippen LogP contribution in [0.5, 0.6) is 11.5 Å². The number of hydrogen-bond acceptors (Lipinski definition) is 4. The van der Waals surface area contributed by atoms with Crippen molar-refractivity contribution >= 4 is 17.7 Å². The van der Waals surface area contributed by atoms with Gasteiger partial charge in [0.15, 0.2) is 0 Å². The smallest absolute Gasteiger partial charge is 0.244 e. The van der Waals surface area contributed by atoms with Crippen LogP contribution in [-0.2, 0) is 11.2 Å². The van der Waals surface area contributed by atoms with Gasteiger partial charge in [-0.25, -0.2) is 0 Å². The van der Waals surface area contributed by atoms with E-state index in [-0.39, 0.29) is 11.7 Å². The lowest BCUT2D eigenvalue weighted by atomic mass is 10.1. The molecular formula is C27H38N2O3. The SMILES string of the molecule is CCCCCNc1ccc(/C=C/C(=O)NCCc2ccc(O)cc2)cc1OCCCCC. The summed E-state index contributed by atoms with van der Waals surface area (Å²) in [4.78, 5) is 12.2. The number of phenols is 1. The van der Waals surface area contributed by atoms with Crippen LogP contribution in [0, 0.1) is 0 Å².